The molecule has 3 atom stereocenters. The van der Waals surface area contributed by atoms with E-state index in [4.69, 9.17) is 14.2 Å². The lowest BCUT2D eigenvalue weighted by Crippen LogP contribution is -2.39. The van der Waals surface area contributed by atoms with Gasteiger partial charge in [-0.05, 0) is 31.9 Å². The molecule has 1 aromatic heterocycles. The highest BCUT2D eigenvalue weighted by Gasteiger charge is 2.45. The Morgan fingerprint density at radius 2 is 2.13 bits per heavy atom. The van der Waals surface area contributed by atoms with Crippen molar-refractivity contribution in [1.82, 2.24) is 9.88 Å². The number of aryl methyl sites for hydroxylation is 1. The van der Waals surface area contributed by atoms with Crippen molar-refractivity contribution in [2.45, 2.75) is 31.9 Å². The van der Waals surface area contributed by atoms with Crippen molar-refractivity contribution >= 4 is 0 Å². The highest BCUT2D eigenvalue weighted by molar-refractivity contribution is 5.19. The smallest absolute Gasteiger partial charge is 0.137 e. The van der Waals surface area contributed by atoms with Crippen LogP contribution < -0.4 is 4.74 Å². The maximum atomic E-state index is 6.05. The third-order valence-electron chi connectivity index (χ3n) is 5.52. The molecule has 3 aliphatic heterocycles. The lowest BCUT2D eigenvalue weighted by molar-refractivity contribution is 0.0270. The number of ether oxygens (including phenoxy) is 3. The summed E-state index contributed by atoms with van der Waals surface area (Å²) in [7, 11) is 0. The predicted molar refractivity (Wildman–Crippen MR) is 86.6 cm³/mol. The first-order chi connectivity index (χ1) is 11.3. The summed E-state index contributed by atoms with van der Waals surface area (Å²) in [6.45, 7) is 7.59. The lowest BCUT2D eigenvalue weighted by atomic mass is 9.94. The Kier molecular flexibility index (Phi) is 4.51. The fraction of sp³-hybridized carbons (Fsp3) is 0.722. The van der Waals surface area contributed by atoms with Crippen LogP contribution in [0.1, 0.15) is 18.5 Å². The van der Waals surface area contributed by atoms with E-state index in [-0.39, 0.29) is 0 Å². The molecule has 23 heavy (non-hydrogen) atoms. The van der Waals surface area contributed by atoms with Crippen LogP contribution in [-0.2, 0) is 9.47 Å². The fourth-order valence-electron chi connectivity index (χ4n) is 4.09. The van der Waals surface area contributed by atoms with Crippen molar-refractivity contribution < 1.29 is 14.2 Å². The summed E-state index contributed by atoms with van der Waals surface area (Å²) in [5, 5.41) is 0. The molecule has 5 nitrogen and oxygen atoms in total. The number of fused-ring (bicyclic) bond motifs is 1. The standard InChI is InChI=1S/C18H26N2O3/c1-13-2-3-16(8-19-13)22-11-14-12-23-18-10-20(9-17(14)18)15-4-6-21-7-5-15/h2-3,8,14-15,17-18H,4-7,9-12H2,1H3/t14-,17+,18+/m0/s1. The van der Waals surface area contributed by atoms with Crippen molar-refractivity contribution in [3.05, 3.63) is 24.0 Å². The minimum atomic E-state index is 0.391. The number of hydrogen-bond acceptors (Lipinski definition) is 5. The van der Waals surface area contributed by atoms with Gasteiger partial charge in [0, 0.05) is 49.9 Å². The van der Waals surface area contributed by atoms with Gasteiger partial charge in [-0.1, -0.05) is 0 Å². The zero-order chi connectivity index (χ0) is 15.6. The summed E-state index contributed by atoms with van der Waals surface area (Å²) in [5.41, 5.74) is 1.02. The number of aromatic nitrogens is 1. The minimum absolute atomic E-state index is 0.391. The van der Waals surface area contributed by atoms with Crippen LogP contribution in [0.15, 0.2) is 18.3 Å². The lowest BCUT2D eigenvalue weighted by Gasteiger charge is -2.31. The maximum absolute atomic E-state index is 6.05. The highest BCUT2D eigenvalue weighted by atomic mass is 16.5. The van der Waals surface area contributed by atoms with Gasteiger partial charge < -0.3 is 14.2 Å². The Bertz CT molecular complexity index is 516. The summed E-state index contributed by atoms with van der Waals surface area (Å²) in [6.07, 6.45) is 4.53. The monoisotopic (exact) mass is 318 g/mol. The topological polar surface area (TPSA) is 43.8 Å². The van der Waals surface area contributed by atoms with E-state index in [1.807, 2.05) is 25.3 Å². The molecule has 4 rings (SSSR count). The zero-order valence-electron chi connectivity index (χ0n) is 13.8. The van der Waals surface area contributed by atoms with Gasteiger partial charge in [0.05, 0.1) is 25.5 Å². The van der Waals surface area contributed by atoms with Gasteiger partial charge in [0.15, 0.2) is 0 Å². The number of pyridine rings is 1. The Morgan fingerprint density at radius 1 is 1.26 bits per heavy atom. The SMILES string of the molecule is Cc1ccc(OC[C@H]2CO[C@@H]3CN(C4CCOCC4)C[C@H]23)cn1. The van der Waals surface area contributed by atoms with Crippen LogP contribution >= 0.6 is 0 Å². The van der Waals surface area contributed by atoms with Crippen molar-refractivity contribution in [3.8, 4) is 5.75 Å². The van der Waals surface area contributed by atoms with E-state index in [1.54, 1.807) is 0 Å². The average molecular weight is 318 g/mol. The molecule has 0 aliphatic carbocycles. The highest BCUT2D eigenvalue weighted by Crippen LogP contribution is 2.36. The number of rotatable bonds is 4. The van der Waals surface area contributed by atoms with E-state index in [0.717, 1.165) is 63.8 Å². The Labute approximate surface area is 137 Å². The largest absolute Gasteiger partial charge is 0.492 e. The van der Waals surface area contributed by atoms with Crippen LogP contribution in [0.4, 0.5) is 0 Å². The zero-order valence-corrected chi connectivity index (χ0v) is 13.8. The quantitative estimate of drug-likeness (QED) is 0.848. The second-order valence-electron chi connectivity index (χ2n) is 7.04. The molecule has 126 valence electrons. The molecule has 0 saturated carbocycles. The first-order valence-corrected chi connectivity index (χ1v) is 8.78. The van der Waals surface area contributed by atoms with Crippen molar-refractivity contribution in [2.75, 3.05) is 39.5 Å². The summed E-state index contributed by atoms with van der Waals surface area (Å²) >= 11 is 0. The predicted octanol–water partition coefficient (Wildman–Crippen LogP) is 1.89. The van der Waals surface area contributed by atoms with Crippen molar-refractivity contribution in [2.24, 2.45) is 11.8 Å². The Balaban J connectivity index is 1.31. The summed E-state index contributed by atoms with van der Waals surface area (Å²) in [4.78, 5) is 6.91. The fourth-order valence-corrected chi connectivity index (χ4v) is 4.09. The van der Waals surface area contributed by atoms with Crippen LogP contribution in [0.5, 0.6) is 5.75 Å². The van der Waals surface area contributed by atoms with Gasteiger partial charge >= 0.3 is 0 Å². The van der Waals surface area contributed by atoms with Gasteiger partial charge in [0.1, 0.15) is 5.75 Å². The molecule has 3 saturated heterocycles. The molecule has 5 heteroatoms. The van der Waals surface area contributed by atoms with Crippen LogP contribution in [0.2, 0.25) is 0 Å². The van der Waals surface area contributed by atoms with Crippen LogP contribution in [0.25, 0.3) is 0 Å². The van der Waals surface area contributed by atoms with E-state index in [0.29, 0.717) is 24.0 Å². The molecule has 1 aromatic rings. The van der Waals surface area contributed by atoms with E-state index in [9.17, 15) is 0 Å². The summed E-state index contributed by atoms with van der Waals surface area (Å²) in [5.74, 6) is 1.96. The average Bonchev–Trinajstić information content (AvgIpc) is 3.16. The normalized spacial score (nSPS) is 32.1. The molecule has 4 heterocycles. The second-order valence-corrected chi connectivity index (χ2v) is 7.04. The Hall–Kier alpha value is -1.17. The summed E-state index contributed by atoms with van der Waals surface area (Å²) < 4.78 is 17.5. The van der Waals surface area contributed by atoms with E-state index in [2.05, 4.69) is 9.88 Å². The van der Waals surface area contributed by atoms with Gasteiger partial charge in [0.2, 0.25) is 0 Å². The van der Waals surface area contributed by atoms with Gasteiger partial charge in [-0.3, -0.25) is 9.88 Å². The van der Waals surface area contributed by atoms with E-state index < -0.39 is 0 Å². The molecule has 0 amide bonds. The van der Waals surface area contributed by atoms with Crippen LogP contribution in [0, 0.1) is 18.8 Å². The molecule has 3 fully saturated rings. The number of likely N-dealkylation sites (tertiary alicyclic amines) is 1. The molecule has 3 aliphatic rings. The molecular weight excluding hydrogens is 292 g/mol. The van der Waals surface area contributed by atoms with Gasteiger partial charge in [-0.15, -0.1) is 0 Å². The van der Waals surface area contributed by atoms with E-state index in [1.165, 1.54) is 0 Å². The van der Waals surface area contributed by atoms with Gasteiger partial charge in [-0.25, -0.2) is 0 Å². The first-order valence-electron chi connectivity index (χ1n) is 8.78. The Morgan fingerprint density at radius 3 is 2.91 bits per heavy atom. The third kappa shape index (κ3) is 3.37. The summed E-state index contributed by atoms with van der Waals surface area (Å²) in [6, 6.07) is 4.67. The molecule has 0 aromatic carbocycles. The molecule has 0 unspecified atom stereocenters. The number of hydrogen-bond donors (Lipinski definition) is 0. The van der Waals surface area contributed by atoms with Gasteiger partial charge in [-0.2, -0.15) is 0 Å². The molecule has 0 bridgehead atoms. The third-order valence-corrected chi connectivity index (χ3v) is 5.52. The molecule has 0 spiro atoms. The van der Waals surface area contributed by atoms with Crippen molar-refractivity contribution in [3.63, 3.8) is 0 Å². The maximum Gasteiger partial charge on any atom is 0.137 e. The van der Waals surface area contributed by atoms with Crippen LogP contribution in [0.3, 0.4) is 0 Å². The van der Waals surface area contributed by atoms with Gasteiger partial charge in [0.25, 0.3) is 0 Å². The second kappa shape index (κ2) is 6.75. The molecular formula is C18H26N2O3. The molecule has 0 N–H and O–H groups in total. The first kappa shape index (κ1) is 15.4. The molecule has 0 radical (unpaired) electrons. The van der Waals surface area contributed by atoms with Crippen molar-refractivity contribution in [1.29, 1.82) is 0 Å². The van der Waals surface area contributed by atoms with Crippen LogP contribution in [-0.4, -0.2) is 61.5 Å². The minimum Gasteiger partial charge on any atom is -0.492 e. The number of nitrogens with zero attached hydrogens (tertiary/aromatic N) is 2. The van der Waals surface area contributed by atoms with E-state index >= 15 is 0 Å².